The summed E-state index contributed by atoms with van der Waals surface area (Å²) in [6.07, 6.45) is -1.25. The van der Waals surface area contributed by atoms with Crippen molar-refractivity contribution >= 4 is 17.5 Å². The fraction of sp³-hybridized carbons (Fsp3) is 0.364. The van der Waals surface area contributed by atoms with Crippen LogP contribution < -0.4 is 14.8 Å². The van der Waals surface area contributed by atoms with Gasteiger partial charge in [0.2, 0.25) is 12.0 Å². The third-order valence-corrected chi connectivity index (χ3v) is 4.78. The Bertz CT molecular complexity index is 886. The van der Waals surface area contributed by atoms with Crippen molar-refractivity contribution in [2.45, 2.75) is 39.9 Å². The van der Waals surface area contributed by atoms with Gasteiger partial charge in [0.25, 0.3) is 5.91 Å². The Labute approximate surface area is 165 Å². The number of fused-ring (bicyclic) bond motifs is 1. The average Bonchev–Trinajstić information content (AvgIpc) is 2.63. The lowest BCUT2D eigenvalue weighted by molar-refractivity contribution is -0.144. The number of anilines is 1. The average molecular weight is 382 g/mol. The lowest BCUT2D eigenvalue weighted by Gasteiger charge is -2.33. The molecule has 0 saturated carbocycles. The topological polar surface area (TPSA) is 67.9 Å². The Kier molecular flexibility index (Phi) is 5.58. The van der Waals surface area contributed by atoms with E-state index in [-0.39, 0.29) is 18.4 Å². The SMILES string of the molecule is Cc1cc(C)c(NC(=O)CN(C)C(=O)[C@@H]2Oc3ccccc3O[C@H]2C)c(C)c1. The molecular formula is C22H26N2O4. The molecule has 0 bridgehead atoms. The van der Waals surface area contributed by atoms with Gasteiger partial charge in [-0.2, -0.15) is 0 Å². The van der Waals surface area contributed by atoms with Crippen LogP contribution in [0.1, 0.15) is 23.6 Å². The Morgan fingerprint density at radius 3 is 2.21 bits per heavy atom. The first kappa shape index (κ1) is 19.7. The number of aryl methyl sites for hydroxylation is 3. The maximum atomic E-state index is 12.8. The van der Waals surface area contributed by atoms with E-state index in [4.69, 9.17) is 9.47 Å². The van der Waals surface area contributed by atoms with Gasteiger partial charge in [0.1, 0.15) is 6.10 Å². The minimum Gasteiger partial charge on any atom is -0.482 e. The third-order valence-electron chi connectivity index (χ3n) is 4.78. The van der Waals surface area contributed by atoms with Crippen LogP contribution in [0.5, 0.6) is 11.5 Å². The van der Waals surface area contributed by atoms with Crippen molar-refractivity contribution in [3.05, 3.63) is 53.1 Å². The van der Waals surface area contributed by atoms with Crippen LogP contribution in [0.3, 0.4) is 0 Å². The minimum atomic E-state index is -0.796. The van der Waals surface area contributed by atoms with Crippen LogP contribution in [0.15, 0.2) is 36.4 Å². The molecule has 1 heterocycles. The molecule has 6 nitrogen and oxygen atoms in total. The molecule has 0 aromatic heterocycles. The van der Waals surface area contributed by atoms with Gasteiger partial charge in [-0.05, 0) is 51.0 Å². The number of benzene rings is 2. The zero-order chi connectivity index (χ0) is 20.4. The molecule has 2 aromatic carbocycles. The van der Waals surface area contributed by atoms with Gasteiger partial charge in [0.15, 0.2) is 11.5 Å². The van der Waals surface area contributed by atoms with E-state index in [9.17, 15) is 9.59 Å². The normalized spacial score (nSPS) is 17.8. The third kappa shape index (κ3) is 4.11. The van der Waals surface area contributed by atoms with E-state index in [0.29, 0.717) is 11.5 Å². The molecule has 1 N–H and O–H groups in total. The fourth-order valence-electron chi connectivity index (χ4n) is 3.46. The summed E-state index contributed by atoms with van der Waals surface area (Å²) in [4.78, 5) is 26.7. The first-order valence-corrected chi connectivity index (χ1v) is 9.31. The zero-order valence-corrected chi connectivity index (χ0v) is 16.9. The Morgan fingerprint density at radius 1 is 1.04 bits per heavy atom. The Hall–Kier alpha value is -3.02. The second-order valence-corrected chi connectivity index (χ2v) is 7.32. The molecule has 0 aliphatic carbocycles. The van der Waals surface area contributed by atoms with Gasteiger partial charge in [0.05, 0.1) is 6.54 Å². The molecule has 2 amide bonds. The standard InChI is InChI=1S/C22H26N2O4/c1-13-10-14(2)20(15(3)11-13)23-19(25)12-24(5)22(26)21-16(4)27-17-8-6-7-9-18(17)28-21/h6-11,16,21H,12H2,1-5H3,(H,23,25)/t16-,21+/m0/s1. The molecule has 28 heavy (non-hydrogen) atoms. The molecule has 0 fully saturated rings. The summed E-state index contributed by atoms with van der Waals surface area (Å²) in [5, 5.41) is 2.92. The van der Waals surface area contributed by atoms with Gasteiger partial charge in [-0.3, -0.25) is 9.59 Å². The molecule has 0 saturated heterocycles. The Morgan fingerprint density at radius 2 is 1.61 bits per heavy atom. The van der Waals surface area contributed by atoms with Crippen LogP contribution in [0, 0.1) is 20.8 Å². The number of hydrogen-bond acceptors (Lipinski definition) is 4. The highest BCUT2D eigenvalue weighted by Gasteiger charge is 2.36. The first-order valence-electron chi connectivity index (χ1n) is 9.31. The number of nitrogens with one attached hydrogen (secondary N) is 1. The molecule has 0 radical (unpaired) electrons. The predicted molar refractivity (Wildman–Crippen MR) is 108 cm³/mol. The smallest absolute Gasteiger partial charge is 0.267 e. The number of para-hydroxylation sites is 2. The molecule has 3 rings (SSSR count). The van der Waals surface area contributed by atoms with Crippen molar-refractivity contribution in [1.29, 1.82) is 0 Å². The van der Waals surface area contributed by atoms with Gasteiger partial charge in [-0.25, -0.2) is 0 Å². The lowest BCUT2D eigenvalue weighted by atomic mass is 10.1. The monoisotopic (exact) mass is 382 g/mol. The van der Waals surface area contributed by atoms with Crippen molar-refractivity contribution in [2.24, 2.45) is 0 Å². The predicted octanol–water partition coefficient (Wildman–Crippen LogP) is 3.24. The maximum absolute atomic E-state index is 12.8. The number of likely N-dealkylation sites (N-methyl/N-ethyl adjacent to an activating group) is 1. The molecule has 2 atom stereocenters. The van der Waals surface area contributed by atoms with E-state index in [1.165, 1.54) is 4.90 Å². The lowest BCUT2D eigenvalue weighted by Crippen LogP contribution is -2.51. The van der Waals surface area contributed by atoms with E-state index in [1.54, 1.807) is 26.1 Å². The number of carbonyl (C=O) groups excluding carboxylic acids is 2. The fourth-order valence-corrected chi connectivity index (χ4v) is 3.46. The number of ether oxygens (including phenoxy) is 2. The number of nitrogens with zero attached hydrogens (tertiary/aromatic N) is 1. The second-order valence-electron chi connectivity index (χ2n) is 7.32. The second kappa shape index (κ2) is 7.92. The van der Waals surface area contributed by atoms with Crippen molar-refractivity contribution < 1.29 is 19.1 Å². The Balaban J connectivity index is 1.65. The first-order chi connectivity index (χ1) is 13.3. The van der Waals surface area contributed by atoms with Crippen molar-refractivity contribution in [2.75, 3.05) is 18.9 Å². The summed E-state index contributed by atoms with van der Waals surface area (Å²) >= 11 is 0. The number of carbonyl (C=O) groups is 2. The van der Waals surface area contributed by atoms with Crippen molar-refractivity contribution in [3.63, 3.8) is 0 Å². The van der Waals surface area contributed by atoms with Gasteiger partial charge < -0.3 is 19.7 Å². The maximum Gasteiger partial charge on any atom is 0.267 e. The molecular weight excluding hydrogens is 356 g/mol. The van der Waals surface area contributed by atoms with Crippen LogP contribution in [0.4, 0.5) is 5.69 Å². The minimum absolute atomic E-state index is 0.0696. The van der Waals surface area contributed by atoms with E-state index in [2.05, 4.69) is 5.32 Å². The van der Waals surface area contributed by atoms with Crippen LogP contribution in [0.25, 0.3) is 0 Å². The van der Waals surface area contributed by atoms with Crippen molar-refractivity contribution in [3.8, 4) is 11.5 Å². The highest BCUT2D eigenvalue weighted by atomic mass is 16.6. The van der Waals surface area contributed by atoms with Crippen LogP contribution in [-0.4, -0.2) is 42.5 Å². The summed E-state index contributed by atoms with van der Waals surface area (Å²) in [5.74, 6) is 0.595. The van der Waals surface area contributed by atoms with Crippen LogP contribution in [-0.2, 0) is 9.59 Å². The highest BCUT2D eigenvalue weighted by Crippen LogP contribution is 2.33. The van der Waals surface area contributed by atoms with Gasteiger partial charge in [-0.15, -0.1) is 0 Å². The van der Waals surface area contributed by atoms with Gasteiger partial charge >= 0.3 is 0 Å². The van der Waals surface area contributed by atoms with Crippen LogP contribution >= 0.6 is 0 Å². The van der Waals surface area contributed by atoms with Crippen LogP contribution in [0.2, 0.25) is 0 Å². The largest absolute Gasteiger partial charge is 0.482 e. The quantitative estimate of drug-likeness (QED) is 0.882. The van der Waals surface area contributed by atoms with Crippen molar-refractivity contribution in [1.82, 2.24) is 4.90 Å². The molecule has 0 spiro atoms. The van der Waals surface area contributed by atoms with Gasteiger partial charge in [-0.1, -0.05) is 29.8 Å². The molecule has 0 unspecified atom stereocenters. The van der Waals surface area contributed by atoms with E-state index in [1.807, 2.05) is 45.0 Å². The summed E-state index contributed by atoms with van der Waals surface area (Å²) in [7, 11) is 1.59. The van der Waals surface area contributed by atoms with E-state index in [0.717, 1.165) is 22.4 Å². The molecule has 1 aliphatic heterocycles. The van der Waals surface area contributed by atoms with Gasteiger partial charge in [0, 0.05) is 12.7 Å². The van der Waals surface area contributed by atoms with E-state index >= 15 is 0 Å². The number of rotatable bonds is 4. The summed E-state index contributed by atoms with van der Waals surface area (Å²) in [5.41, 5.74) is 3.92. The van der Waals surface area contributed by atoms with E-state index < -0.39 is 12.2 Å². The molecule has 6 heteroatoms. The highest BCUT2D eigenvalue weighted by molar-refractivity contribution is 5.96. The molecule has 2 aromatic rings. The summed E-state index contributed by atoms with van der Waals surface area (Å²) < 4.78 is 11.6. The summed E-state index contributed by atoms with van der Waals surface area (Å²) in [6.45, 7) is 7.64. The number of amides is 2. The summed E-state index contributed by atoms with van der Waals surface area (Å²) in [6, 6.07) is 11.3. The molecule has 148 valence electrons. The zero-order valence-electron chi connectivity index (χ0n) is 16.9. The number of hydrogen-bond donors (Lipinski definition) is 1. The molecule has 1 aliphatic rings.